The van der Waals surface area contributed by atoms with Crippen molar-refractivity contribution < 1.29 is 0 Å². The van der Waals surface area contributed by atoms with E-state index in [0.717, 1.165) is 13.1 Å². The van der Waals surface area contributed by atoms with Gasteiger partial charge in [0.1, 0.15) is 0 Å². The van der Waals surface area contributed by atoms with E-state index < -0.39 is 0 Å². The van der Waals surface area contributed by atoms with Crippen molar-refractivity contribution in [2.45, 2.75) is 45.2 Å². The van der Waals surface area contributed by atoms with Crippen molar-refractivity contribution in [3.63, 3.8) is 0 Å². The molecule has 2 heterocycles. The summed E-state index contributed by atoms with van der Waals surface area (Å²) in [4.78, 5) is 2.61. The molecule has 0 spiro atoms. The molecule has 92 valence electrons. The molecule has 0 saturated carbocycles. The van der Waals surface area contributed by atoms with Crippen LogP contribution in [0.15, 0.2) is 18.2 Å². The van der Waals surface area contributed by atoms with Crippen LogP contribution in [0.4, 0.5) is 5.69 Å². The first-order valence-electron chi connectivity index (χ1n) is 6.69. The zero-order valence-corrected chi connectivity index (χ0v) is 11.1. The molecular weight excluding hydrogens is 208 g/mol. The van der Waals surface area contributed by atoms with Crippen LogP contribution in [0.5, 0.6) is 0 Å². The SMILES string of the molecule is C[C@H]1CNCc2cccc3c2N1CCC3(C)C. The van der Waals surface area contributed by atoms with Crippen LogP contribution in [0, 0.1) is 0 Å². The van der Waals surface area contributed by atoms with Gasteiger partial charge in [0.05, 0.1) is 0 Å². The average molecular weight is 230 g/mol. The van der Waals surface area contributed by atoms with Crippen LogP contribution in [-0.2, 0) is 12.0 Å². The monoisotopic (exact) mass is 230 g/mol. The number of nitrogens with one attached hydrogen (secondary N) is 1. The van der Waals surface area contributed by atoms with Crippen molar-refractivity contribution >= 4 is 5.69 Å². The highest BCUT2D eigenvalue weighted by Gasteiger charge is 2.35. The first-order valence-corrected chi connectivity index (χ1v) is 6.69. The van der Waals surface area contributed by atoms with E-state index in [9.17, 15) is 0 Å². The first-order chi connectivity index (χ1) is 8.09. The highest BCUT2D eigenvalue weighted by molar-refractivity contribution is 5.65. The second kappa shape index (κ2) is 3.74. The fourth-order valence-electron chi connectivity index (χ4n) is 3.23. The van der Waals surface area contributed by atoms with Gasteiger partial charge in [-0.3, -0.25) is 0 Å². The van der Waals surface area contributed by atoms with Gasteiger partial charge in [-0.05, 0) is 29.9 Å². The van der Waals surface area contributed by atoms with Crippen LogP contribution in [0.1, 0.15) is 38.3 Å². The molecule has 2 aliphatic rings. The number of hydrogen-bond donors (Lipinski definition) is 1. The minimum absolute atomic E-state index is 0.325. The standard InChI is InChI=1S/C15H22N2/c1-11-9-16-10-12-5-4-6-13-14(12)17(11)8-7-15(13,2)3/h4-6,11,16H,7-10H2,1-3H3/t11-/m0/s1. The molecule has 0 unspecified atom stereocenters. The van der Waals surface area contributed by atoms with Gasteiger partial charge >= 0.3 is 0 Å². The van der Waals surface area contributed by atoms with E-state index in [1.165, 1.54) is 29.8 Å². The van der Waals surface area contributed by atoms with E-state index in [1.807, 2.05) is 0 Å². The minimum Gasteiger partial charge on any atom is -0.367 e. The molecule has 0 aromatic heterocycles. The lowest BCUT2D eigenvalue weighted by Gasteiger charge is -2.43. The lowest BCUT2D eigenvalue weighted by atomic mass is 9.76. The quantitative estimate of drug-likeness (QED) is 0.737. The predicted octanol–water partition coefficient (Wildman–Crippen LogP) is 2.67. The average Bonchev–Trinajstić information content (AvgIpc) is 2.44. The molecule has 2 heteroatoms. The van der Waals surface area contributed by atoms with Crippen LogP contribution in [0.25, 0.3) is 0 Å². The maximum atomic E-state index is 3.56. The molecule has 0 fully saturated rings. The Hall–Kier alpha value is -1.02. The molecule has 2 nitrogen and oxygen atoms in total. The summed E-state index contributed by atoms with van der Waals surface area (Å²) in [6.07, 6.45) is 1.26. The smallest absolute Gasteiger partial charge is 0.0452 e. The van der Waals surface area contributed by atoms with Gasteiger partial charge in [-0.15, -0.1) is 0 Å². The zero-order valence-electron chi connectivity index (χ0n) is 11.1. The largest absolute Gasteiger partial charge is 0.367 e. The third-order valence-corrected chi connectivity index (χ3v) is 4.40. The molecule has 0 amide bonds. The van der Waals surface area contributed by atoms with Crippen LogP contribution < -0.4 is 10.2 Å². The Morgan fingerprint density at radius 2 is 2.18 bits per heavy atom. The lowest BCUT2D eigenvalue weighted by Crippen LogP contribution is -2.44. The summed E-state index contributed by atoms with van der Waals surface area (Å²) in [5, 5.41) is 3.56. The van der Waals surface area contributed by atoms with Gasteiger partial charge < -0.3 is 10.2 Å². The molecule has 0 radical (unpaired) electrons. The summed E-state index contributed by atoms with van der Waals surface area (Å²) < 4.78 is 0. The van der Waals surface area contributed by atoms with E-state index in [0.29, 0.717) is 11.5 Å². The summed E-state index contributed by atoms with van der Waals surface area (Å²) in [6, 6.07) is 7.42. The summed E-state index contributed by atoms with van der Waals surface area (Å²) in [5.41, 5.74) is 4.85. The molecule has 1 aromatic rings. The van der Waals surface area contributed by atoms with E-state index in [4.69, 9.17) is 0 Å². The second-order valence-electron chi connectivity index (χ2n) is 6.12. The molecule has 0 saturated heterocycles. The number of nitrogens with zero attached hydrogens (tertiary/aromatic N) is 1. The van der Waals surface area contributed by atoms with Crippen LogP contribution in [0.3, 0.4) is 0 Å². The number of rotatable bonds is 0. The summed E-state index contributed by atoms with van der Waals surface area (Å²) >= 11 is 0. The van der Waals surface area contributed by atoms with Crippen molar-refractivity contribution in [1.82, 2.24) is 5.32 Å². The van der Waals surface area contributed by atoms with Crippen molar-refractivity contribution in [2.75, 3.05) is 18.0 Å². The molecule has 1 aromatic carbocycles. The molecule has 0 bridgehead atoms. The van der Waals surface area contributed by atoms with Crippen molar-refractivity contribution in [3.8, 4) is 0 Å². The van der Waals surface area contributed by atoms with E-state index >= 15 is 0 Å². The Labute approximate surface area is 104 Å². The van der Waals surface area contributed by atoms with Gasteiger partial charge in [-0.1, -0.05) is 32.0 Å². The summed E-state index contributed by atoms with van der Waals surface area (Å²) in [7, 11) is 0. The van der Waals surface area contributed by atoms with Gasteiger partial charge in [0.25, 0.3) is 0 Å². The number of benzene rings is 1. The van der Waals surface area contributed by atoms with Gasteiger partial charge in [0, 0.05) is 31.4 Å². The fourth-order valence-corrected chi connectivity index (χ4v) is 3.23. The molecule has 1 atom stereocenters. The minimum atomic E-state index is 0.325. The Balaban J connectivity index is 2.20. The summed E-state index contributed by atoms with van der Waals surface area (Å²) in [5.74, 6) is 0. The molecule has 2 aliphatic heterocycles. The van der Waals surface area contributed by atoms with Gasteiger partial charge in [-0.2, -0.15) is 0 Å². The predicted molar refractivity (Wildman–Crippen MR) is 72.6 cm³/mol. The highest BCUT2D eigenvalue weighted by atomic mass is 15.2. The molecule has 3 rings (SSSR count). The Morgan fingerprint density at radius 1 is 1.35 bits per heavy atom. The number of para-hydroxylation sites is 1. The Kier molecular flexibility index (Phi) is 2.44. The van der Waals surface area contributed by atoms with E-state index in [2.05, 4.69) is 49.2 Å². The highest BCUT2D eigenvalue weighted by Crippen LogP contribution is 2.42. The van der Waals surface area contributed by atoms with Crippen molar-refractivity contribution in [1.29, 1.82) is 0 Å². The maximum Gasteiger partial charge on any atom is 0.0452 e. The zero-order chi connectivity index (χ0) is 12.0. The third kappa shape index (κ3) is 1.66. The topological polar surface area (TPSA) is 15.3 Å². The first kappa shape index (κ1) is 11.1. The normalized spacial score (nSPS) is 26.3. The summed E-state index contributed by atoms with van der Waals surface area (Å²) in [6.45, 7) is 10.4. The molecule has 1 N–H and O–H groups in total. The van der Waals surface area contributed by atoms with Crippen molar-refractivity contribution in [3.05, 3.63) is 29.3 Å². The van der Waals surface area contributed by atoms with Crippen LogP contribution >= 0.6 is 0 Å². The number of anilines is 1. The van der Waals surface area contributed by atoms with Crippen LogP contribution in [-0.4, -0.2) is 19.1 Å². The molecular formula is C15H22N2. The maximum absolute atomic E-state index is 3.56. The Morgan fingerprint density at radius 3 is 3.00 bits per heavy atom. The Bertz CT molecular complexity index is 437. The molecule has 17 heavy (non-hydrogen) atoms. The number of hydrogen-bond acceptors (Lipinski definition) is 2. The van der Waals surface area contributed by atoms with E-state index in [1.54, 1.807) is 0 Å². The van der Waals surface area contributed by atoms with E-state index in [-0.39, 0.29) is 0 Å². The third-order valence-electron chi connectivity index (χ3n) is 4.40. The van der Waals surface area contributed by atoms with Crippen LogP contribution in [0.2, 0.25) is 0 Å². The van der Waals surface area contributed by atoms with Gasteiger partial charge in [0.15, 0.2) is 0 Å². The lowest BCUT2D eigenvalue weighted by molar-refractivity contribution is 0.437. The van der Waals surface area contributed by atoms with Gasteiger partial charge in [0.2, 0.25) is 0 Å². The second-order valence-corrected chi connectivity index (χ2v) is 6.12. The molecule has 0 aliphatic carbocycles. The van der Waals surface area contributed by atoms with Gasteiger partial charge in [-0.25, -0.2) is 0 Å². The fraction of sp³-hybridized carbons (Fsp3) is 0.600. The van der Waals surface area contributed by atoms with Crippen molar-refractivity contribution in [2.24, 2.45) is 0 Å².